The first-order valence-electron chi connectivity index (χ1n) is 7.85. The van der Waals surface area contributed by atoms with E-state index in [0.29, 0.717) is 11.8 Å². The van der Waals surface area contributed by atoms with Crippen molar-refractivity contribution >= 4 is 6.01 Å². The highest BCUT2D eigenvalue weighted by molar-refractivity contribution is 5.45. The molecule has 0 aliphatic heterocycles. The Kier molecular flexibility index (Phi) is 5.53. The summed E-state index contributed by atoms with van der Waals surface area (Å²) in [4.78, 5) is 9.08. The SMILES string of the molecule is CC(C)c1cccc(C(C)(C)N=C=NC(C)(C)C(C)C)c1. The number of rotatable bonds is 5. The summed E-state index contributed by atoms with van der Waals surface area (Å²) in [5, 5.41) is 0. The highest BCUT2D eigenvalue weighted by Gasteiger charge is 2.22. The summed E-state index contributed by atoms with van der Waals surface area (Å²) in [5.74, 6) is 0.992. The Balaban J connectivity index is 3.06. The molecule has 21 heavy (non-hydrogen) atoms. The van der Waals surface area contributed by atoms with Crippen LogP contribution in [0.15, 0.2) is 34.3 Å². The maximum Gasteiger partial charge on any atom is 0.0910 e. The van der Waals surface area contributed by atoms with Gasteiger partial charge in [0.2, 0.25) is 0 Å². The zero-order valence-corrected chi connectivity index (χ0v) is 14.9. The maximum atomic E-state index is 4.58. The van der Waals surface area contributed by atoms with Gasteiger partial charge in [-0.3, -0.25) is 0 Å². The molecule has 0 N–H and O–H groups in total. The highest BCUT2D eigenvalue weighted by atomic mass is 14.9. The normalized spacial score (nSPS) is 12.5. The summed E-state index contributed by atoms with van der Waals surface area (Å²) in [5.41, 5.74) is 2.12. The Morgan fingerprint density at radius 1 is 0.952 bits per heavy atom. The second-order valence-electron chi connectivity index (χ2n) is 7.47. The van der Waals surface area contributed by atoms with Crippen molar-refractivity contribution in [3.05, 3.63) is 35.4 Å². The minimum Gasteiger partial charge on any atom is -0.219 e. The molecule has 0 bridgehead atoms. The van der Waals surface area contributed by atoms with Crippen molar-refractivity contribution in [2.24, 2.45) is 15.9 Å². The molecule has 0 unspecified atom stereocenters. The molecule has 0 saturated carbocycles. The molecule has 0 spiro atoms. The molecule has 0 atom stereocenters. The van der Waals surface area contributed by atoms with Gasteiger partial charge in [-0.15, -0.1) is 0 Å². The first-order chi connectivity index (χ1) is 9.56. The number of hydrogen-bond acceptors (Lipinski definition) is 2. The van der Waals surface area contributed by atoms with Gasteiger partial charge in [0.25, 0.3) is 0 Å². The van der Waals surface area contributed by atoms with Gasteiger partial charge in [0.1, 0.15) is 0 Å². The zero-order valence-electron chi connectivity index (χ0n) is 14.9. The second-order valence-corrected chi connectivity index (χ2v) is 7.47. The van der Waals surface area contributed by atoms with Crippen LogP contribution in [0.25, 0.3) is 0 Å². The largest absolute Gasteiger partial charge is 0.219 e. The molecular weight excluding hydrogens is 256 g/mol. The summed E-state index contributed by atoms with van der Waals surface area (Å²) < 4.78 is 0. The lowest BCUT2D eigenvalue weighted by Gasteiger charge is -2.23. The molecule has 1 rings (SSSR count). The van der Waals surface area contributed by atoms with Gasteiger partial charge in [0.15, 0.2) is 0 Å². The number of aliphatic imine (C=N–C) groups is 2. The monoisotopic (exact) mass is 286 g/mol. The van der Waals surface area contributed by atoms with E-state index in [0.717, 1.165) is 0 Å². The van der Waals surface area contributed by atoms with Crippen LogP contribution in [0.5, 0.6) is 0 Å². The number of benzene rings is 1. The Labute approximate surface area is 130 Å². The number of hydrogen-bond donors (Lipinski definition) is 0. The van der Waals surface area contributed by atoms with Crippen molar-refractivity contribution in [3.63, 3.8) is 0 Å². The van der Waals surface area contributed by atoms with Crippen molar-refractivity contribution in [2.75, 3.05) is 0 Å². The van der Waals surface area contributed by atoms with Crippen molar-refractivity contribution in [3.8, 4) is 0 Å². The van der Waals surface area contributed by atoms with Gasteiger partial charge in [0.05, 0.1) is 17.1 Å². The van der Waals surface area contributed by atoms with Crippen LogP contribution in [0, 0.1) is 5.92 Å². The Bertz CT molecular complexity index is 530. The maximum absolute atomic E-state index is 4.58. The van der Waals surface area contributed by atoms with Crippen molar-refractivity contribution in [2.45, 2.75) is 72.4 Å². The van der Waals surface area contributed by atoms with E-state index in [9.17, 15) is 0 Å². The van der Waals surface area contributed by atoms with Crippen LogP contribution in [-0.2, 0) is 5.54 Å². The molecule has 1 aromatic rings. The summed E-state index contributed by atoms with van der Waals surface area (Å²) in [6.45, 7) is 17.2. The lowest BCUT2D eigenvalue weighted by Crippen LogP contribution is -2.24. The van der Waals surface area contributed by atoms with E-state index in [1.165, 1.54) is 11.1 Å². The molecule has 2 nitrogen and oxygen atoms in total. The highest BCUT2D eigenvalue weighted by Crippen LogP contribution is 2.27. The molecule has 0 saturated heterocycles. The molecule has 0 radical (unpaired) electrons. The van der Waals surface area contributed by atoms with Crippen LogP contribution in [0.2, 0.25) is 0 Å². The van der Waals surface area contributed by atoms with Gasteiger partial charge < -0.3 is 0 Å². The Morgan fingerprint density at radius 3 is 2.10 bits per heavy atom. The molecule has 0 aliphatic carbocycles. The molecule has 0 heterocycles. The summed E-state index contributed by atoms with van der Waals surface area (Å²) in [6, 6.07) is 11.6. The molecule has 0 aromatic heterocycles. The smallest absolute Gasteiger partial charge is 0.0910 e. The van der Waals surface area contributed by atoms with Gasteiger partial charge in [-0.1, -0.05) is 52.0 Å². The third-order valence-corrected chi connectivity index (χ3v) is 4.34. The number of nitrogens with zero attached hydrogens (tertiary/aromatic N) is 2. The van der Waals surface area contributed by atoms with Crippen LogP contribution in [-0.4, -0.2) is 11.5 Å². The Morgan fingerprint density at radius 2 is 1.57 bits per heavy atom. The molecule has 0 aliphatic rings. The topological polar surface area (TPSA) is 24.7 Å². The Hall–Kier alpha value is -1.40. The quantitative estimate of drug-likeness (QED) is 0.624. The molecule has 1 aromatic carbocycles. The minimum atomic E-state index is -0.304. The van der Waals surface area contributed by atoms with Gasteiger partial charge in [-0.05, 0) is 50.7 Å². The molecule has 116 valence electrons. The fourth-order valence-corrected chi connectivity index (χ4v) is 1.75. The first-order valence-corrected chi connectivity index (χ1v) is 7.85. The van der Waals surface area contributed by atoms with E-state index in [2.05, 4.69) is 95.6 Å². The average Bonchev–Trinajstić information content (AvgIpc) is 2.38. The van der Waals surface area contributed by atoms with Gasteiger partial charge in [-0.2, -0.15) is 0 Å². The van der Waals surface area contributed by atoms with E-state index in [4.69, 9.17) is 0 Å². The van der Waals surface area contributed by atoms with Crippen molar-refractivity contribution < 1.29 is 0 Å². The molecule has 0 amide bonds. The predicted octanol–water partition coefficient (Wildman–Crippen LogP) is 5.65. The van der Waals surface area contributed by atoms with Gasteiger partial charge in [-0.25, -0.2) is 9.98 Å². The summed E-state index contributed by atoms with van der Waals surface area (Å²) >= 11 is 0. The summed E-state index contributed by atoms with van der Waals surface area (Å²) in [6.07, 6.45) is 0. The molecular formula is C19H30N2. The zero-order chi connectivity index (χ0) is 16.3. The summed E-state index contributed by atoms with van der Waals surface area (Å²) in [7, 11) is 0. The lowest BCUT2D eigenvalue weighted by molar-refractivity contribution is 0.378. The first kappa shape index (κ1) is 17.7. The van der Waals surface area contributed by atoms with Gasteiger partial charge in [0, 0.05) is 0 Å². The lowest BCUT2D eigenvalue weighted by atomic mass is 9.91. The van der Waals surface area contributed by atoms with E-state index in [-0.39, 0.29) is 11.1 Å². The van der Waals surface area contributed by atoms with Crippen LogP contribution < -0.4 is 0 Å². The van der Waals surface area contributed by atoms with Crippen LogP contribution >= 0.6 is 0 Å². The third-order valence-electron chi connectivity index (χ3n) is 4.34. The van der Waals surface area contributed by atoms with E-state index >= 15 is 0 Å². The predicted molar refractivity (Wildman–Crippen MR) is 92.3 cm³/mol. The van der Waals surface area contributed by atoms with Crippen LogP contribution in [0.1, 0.15) is 72.4 Å². The van der Waals surface area contributed by atoms with Gasteiger partial charge >= 0.3 is 0 Å². The van der Waals surface area contributed by atoms with E-state index < -0.39 is 0 Å². The fraction of sp³-hybridized carbons (Fsp3) is 0.632. The molecule has 0 fully saturated rings. The fourth-order valence-electron chi connectivity index (χ4n) is 1.75. The van der Waals surface area contributed by atoms with Crippen LogP contribution in [0.4, 0.5) is 0 Å². The van der Waals surface area contributed by atoms with Crippen molar-refractivity contribution in [1.29, 1.82) is 0 Å². The van der Waals surface area contributed by atoms with Crippen molar-refractivity contribution in [1.82, 2.24) is 0 Å². The van der Waals surface area contributed by atoms with Crippen LogP contribution in [0.3, 0.4) is 0 Å². The minimum absolute atomic E-state index is 0.126. The second kappa shape index (κ2) is 6.58. The standard InChI is InChI=1S/C19H30N2/c1-14(2)16-10-9-11-17(12-16)19(7,8)21-13-20-18(5,6)15(3)4/h9-12,14-15H,1-8H3. The van der Waals surface area contributed by atoms with E-state index in [1.54, 1.807) is 0 Å². The van der Waals surface area contributed by atoms with E-state index in [1.807, 2.05) is 0 Å². The average molecular weight is 286 g/mol. The third kappa shape index (κ3) is 4.82. The molecule has 2 heteroatoms.